The molecule has 2 aromatic heterocycles. The van der Waals surface area contributed by atoms with Gasteiger partial charge in [0.25, 0.3) is 0 Å². The number of hydrogen-bond donors (Lipinski definition) is 1. The summed E-state index contributed by atoms with van der Waals surface area (Å²) in [6.45, 7) is 6.46. The van der Waals surface area contributed by atoms with Gasteiger partial charge in [0.05, 0.1) is 11.4 Å². The number of amides is 1. The van der Waals surface area contributed by atoms with Crippen LogP contribution in [0.5, 0.6) is 5.75 Å². The standard InChI is InChI=1S/C24H22ClN5O2S2/c1-3-11-30-21(13-32-18-9-10-19(25)16(2)12-18)28-29-24(30)34-15-22(31)27-23-26-20(14-33-23)17-7-5-4-6-8-17/h3-10,12,14H,1,11,13,15H2,2H3,(H,26,27,31). The summed E-state index contributed by atoms with van der Waals surface area (Å²) in [6.07, 6.45) is 1.75. The lowest BCUT2D eigenvalue weighted by Gasteiger charge is -2.10. The van der Waals surface area contributed by atoms with Crippen LogP contribution in [0.2, 0.25) is 5.02 Å². The monoisotopic (exact) mass is 511 g/mol. The molecule has 2 heterocycles. The highest BCUT2D eigenvalue weighted by Crippen LogP contribution is 2.26. The van der Waals surface area contributed by atoms with E-state index < -0.39 is 0 Å². The molecule has 0 unspecified atom stereocenters. The van der Waals surface area contributed by atoms with Crippen LogP contribution in [0.25, 0.3) is 11.3 Å². The van der Waals surface area contributed by atoms with E-state index in [-0.39, 0.29) is 18.3 Å². The highest BCUT2D eigenvalue weighted by atomic mass is 35.5. The third-order valence-corrected chi connectivity index (χ3v) is 6.90. The van der Waals surface area contributed by atoms with Gasteiger partial charge in [0, 0.05) is 22.5 Å². The minimum Gasteiger partial charge on any atom is -0.486 e. The molecule has 0 fully saturated rings. The second-order valence-corrected chi connectivity index (χ2v) is 9.45. The van der Waals surface area contributed by atoms with Crippen molar-refractivity contribution in [3.05, 3.63) is 83.0 Å². The summed E-state index contributed by atoms with van der Waals surface area (Å²) in [5.74, 6) is 1.35. The molecular formula is C24H22ClN5O2S2. The van der Waals surface area contributed by atoms with E-state index in [4.69, 9.17) is 16.3 Å². The maximum atomic E-state index is 12.5. The first-order valence-electron chi connectivity index (χ1n) is 10.4. The number of anilines is 1. The molecule has 0 radical (unpaired) electrons. The molecule has 0 saturated carbocycles. The van der Waals surface area contributed by atoms with E-state index in [0.717, 1.165) is 16.8 Å². The van der Waals surface area contributed by atoms with Crippen LogP contribution in [-0.4, -0.2) is 31.4 Å². The number of aromatic nitrogens is 4. The fourth-order valence-electron chi connectivity index (χ4n) is 3.06. The average Bonchev–Trinajstić information content (AvgIpc) is 3.46. The van der Waals surface area contributed by atoms with E-state index in [1.54, 1.807) is 12.1 Å². The number of carbonyl (C=O) groups is 1. The molecule has 174 valence electrons. The molecule has 0 atom stereocenters. The number of benzene rings is 2. The number of halogens is 1. The lowest BCUT2D eigenvalue weighted by Crippen LogP contribution is -2.15. The van der Waals surface area contributed by atoms with Crippen molar-refractivity contribution in [1.82, 2.24) is 19.7 Å². The number of rotatable bonds is 10. The Kier molecular flexibility index (Phi) is 7.99. The Morgan fingerprint density at radius 2 is 2.09 bits per heavy atom. The third-order valence-electron chi connectivity index (χ3n) is 4.75. The number of nitrogens with zero attached hydrogens (tertiary/aromatic N) is 4. The Balaban J connectivity index is 1.35. The topological polar surface area (TPSA) is 81.9 Å². The quantitative estimate of drug-likeness (QED) is 0.212. The Labute approximate surface area is 210 Å². The molecule has 0 bridgehead atoms. The van der Waals surface area contributed by atoms with Crippen molar-refractivity contribution in [3.8, 4) is 17.0 Å². The van der Waals surface area contributed by atoms with Gasteiger partial charge in [0.15, 0.2) is 16.1 Å². The number of thioether (sulfide) groups is 1. The molecular weight excluding hydrogens is 490 g/mol. The van der Waals surface area contributed by atoms with Crippen LogP contribution in [-0.2, 0) is 17.9 Å². The Bertz CT molecular complexity index is 1290. The molecule has 34 heavy (non-hydrogen) atoms. The van der Waals surface area contributed by atoms with Gasteiger partial charge in [-0.3, -0.25) is 9.36 Å². The first-order chi connectivity index (χ1) is 16.5. The predicted octanol–water partition coefficient (Wildman–Crippen LogP) is 5.86. The van der Waals surface area contributed by atoms with Crippen LogP contribution in [0.3, 0.4) is 0 Å². The summed E-state index contributed by atoms with van der Waals surface area (Å²) >= 11 is 8.77. The Morgan fingerprint density at radius 3 is 2.85 bits per heavy atom. The maximum Gasteiger partial charge on any atom is 0.236 e. The van der Waals surface area contributed by atoms with Gasteiger partial charge < -0.3 is 10.1 Å². The molecule has 0 saturated heterocycles. The van der Waals surface area contributed by atoms with E-state index in [9.17, 15) is 4.79 Å². The van der Waals surface area contributed by atoms with Gasteiger partial charge in [-0.1, -0.05) is 59.8 Å². The van der Waals surface area contributed by atoms with Crippen LogP contribution < -0.4 is 10.1 Å². The normalized spacial score (nSPS) is 10.8. The maximum absolute atomic E-state index is 12.5. The molecule has 10 heteroatoms. The van der Waals surface area contributed by atoms with Gasteiger partial charge in [0.2, 0.25) is 5.91 Å². The zero-order valence-electron chi connectivity index (χ0n) is 18.4. The van der Waals surface area contributed by atoms with E-state index >= 15 is 0 Å². The SMILES string of the molecule is C=CCn1c(COc2ccc(Cl)c(C)c2)nnc1SCC(=O)Nc1nc(-c2ccccc2)cs1. The summed E-state index contributed by atoms with van der Waals surface area (Å²) in [7, 11) is 0. The van der Waals surface area contributed by atoms with Gasteiger partial charge in [-0.25, -0.2) is 4.98 Å². The van der Waals surface area contributed by atoms with Gasteiger partial charge in [-0.15, -0.1) is 28.1 Å². The molecule has 7 nitrogen and oxygen atoms in total. The Morgan fingerprint density at radius 1 is 1.26 bits per heavy atom. The molecule has 4 rings (SSSR count). The van der Waals surface area contributed by atoms with Crippen molar-refractivity contribution in [2.24, 2.45) is 0 Å². The van der Waals surface area contributed by atoms with E-state index in [0.29, 0.717) is 33.4 Å². The smallest absolute Gasteiger partial charge is 0.236 e. The van der Waals surface area contributed by atoms with E-state index in [1.165, 1.54) is 23.1 Å². The number of carbonyl (C=O) groups excluding carboxylic acids is 1. The van der Waals surface area contributed by atoms with Gasteiger partial charge in [0.1, 0.15) is 12.4 Å². The van der Waals surface area contributed by atoms with E-state index in [2.05, 4.69) is 27.1 Å². The number of aryl methyl sites for hydroxylation is 1. The number of nitrogens with one attached hydrogen (secondary N) is 1. The van der Waals surface area contributed by atoms with Crippen LogP contribution in [0.1, 0.15) is 11.4 Å². The first-order valence-corrected chi connectivity index (χ1v) is 12.6. The van der Waals surface area contributed by atoms with Crippen LogP contribution in [0, 0.1) is 6.92 Å². The summed E-state index contributed by atoms with van der Waals surface area (Å²) in [5.41, 5.74) is 2.78. The first kappa shape index (κ1) is 24.0. The second-order valence-electron chi connectivity index (χ2n) is 7.24. The molecule has 2 aromatic carbocycles. The molecule has 1 amide bonds. The minimum atomic E-state index is -0.165. The summed E-state index contributed by atoms with van der Waals surface area (Å²) < 4.78 is 7.74. The molecule has 1 N–H and O–H groups in total. The molecule has 0 spiro atoms. The third kappa shape index (κ3) is 6.05. The van der Waals surface area contributed by atoms with Gasteiger partial charge in [-0.05, 0) is 30.7 Å². The number of ether oxygens (including phenoxy) is 1. The van der Waals surface area contributed by atoms with Crippen molar-refractivity contribution in [3.63, 3.8) is 0 Å². The number of allylic oxidation sites excluding steroid dienone is 1. The van der Waals surface area contributed by atoms with Crippen molar-refractivity contribution in [2.45, 2.75) is 25.2 Å². The highest BCUT2D eigenvalue weighted by Gasteiger charge is 2.15. The highest BCUT2D eigenvalue weighted by molar-refractivity contribution is 7.99. The fourth-order valence-corrected chi connectivity index (χ4v) is 4.68. The van der Waals surface area contributed by atoms with Gasteiger partial charge >= 0.3 is 0 Å². The van der Waals surface area contributed by atoms with Crippen LogP contribution in [0.15, 0.2) is 71.7 Å². The molecule has 0 aliphatic heterocycles. The molecule has 4 aromatic rings. The largest absolute Gasteiger partial charge is 0.486 e. The molecule has 0 aliphatic rings. The Hall–Kier alpha value is -3.14. The average molecular weight is 512 g/mol. The second kappa shape index (κ2) is 11.3. The van der Waals surface area contributed by atoms with Crippen molar-refractivity contribution >= 4 is 45.7 Å². The lowest BCUT2D eigenvalue weighted by atomic mass is 10.2. The van der Waals surface area contributed by atoms with Crippen LogP contribution in [0.4, 0.5) is 5.13 Å². The fraction of sp³-hybridized carbons (Fsp3) is 0.167. The number of hydrogen-bond acceptors (Lipinski definition) is 7. The van der Waals surface area contributed by atoms with Crippen molar-refractivity contribution in [1.29, 1.82) is 0 Å². The number of thiazole rings is 1. The van der Waals surface area contributed by atoms with E-state index in [1.807, 2.05) is 59.3 Å². The zero-order chi connectivity index (χ0) is 23.9. The zero-order valence-corrected chi connectivity index (χ0v) is 20.8. The van der Waals surface area contributed by atoms with Crippen LogP contribution >= 0.6 is 34.7 Å². The lowest BCUT2D eigenvalue weighted by molar-refractivity contribution is -0.113. The van der Waals surface area contributed by atoms with Gasteiger partial charge in [-0.2, -0.15) is 0 Å². The molecule has 0 aliphatic carbocycles. The summed E-state index contributed by atoms with van der Waals surface area (Å²) in [4.78, 5) is 17.0. The predicted molar refractivity (Wildman–Crippen MR) is 138 cm³/mol. The van der Waals surface area contributed by atoms with Crippen molar-refractivity contribution in [2.75, 3.05) is 11.1 Å². The summed E-state index contributed by atoms with van der Waals surface area (Å²) in [5, 5.41) is 15.1. The summed E-state index contributed by atoms with van der Waals surface area (Å²) in [6, 6.07) is 15.3. The van der Waals surface area contributed by atoms with Crippen molar-refractivity contribution < 1.29 is 9.53 Å². The minimum absolute atomic E-state index is 0.165.